The summed E-state index contributed by atoms with van der Waals surface area (Å²) in [6, 6.07) is 15.7. The van der Waals surface area contributed by atoms with Gasteiger partial charge in [-0.1, -0.05) is 12.1 Å². The fourth-order valence-electron chi connectivity index (χ4n) is 3.97. The number of hydrogen-bond donors (Lipinski definition) is 1. The van der Waals surface area contributed by atoms with Gasteiger partial charge in [-0.05, 0) is 54.1 Å². The van der Waals surface area contributed by atoms with E-state index < -0.39 is 29.3 Å². The van der Waals surface area contributed by atoms with Crippen molar-refractivity contribution in [1.29, 1.82) is 0 Å². The topological polar surface area (TPSA) is 85.3 Å². The van der Waals surface area contributed by atoms with Crippen LogP contribution in [0.25, 0.3) is 5.76 Å². The third-order valence-corrected chi connectivity index (χ3v) is 5.62. The second-order valence-electron chi connectivity index (χ2n) is 7.49. The number of aliphatic hydroxyl groups is 1. The molecule has 7 nitrogen and oxygen atoms in total. The number of anilines is 1. The molecule has 1 heterocycles. The Balaban J connectivity index is 1.97. The Labute approximate surface area is 195 Å². The lowest BCUT2D eigenvalue weighted by Crippen LogP contribution is -2.29. The maximum Gasteiger partial charge on any atom is 0.300 e. The zero-order valence-electron chi connectivity index (χ0n) is 18.7. The van der Waals surface area contributed by atoms with Gasteiger partial charge in [-0.3, -0.25) is 14.5 Å². The summed E-state index contributed by atoms with van der Waals surface area (Å²) in [4.78, 5) is 27.7. The van der Waals surface area contributed by atoms with E-state index in [0.717, 1.165) is 0 Å². The van der Waals surface area contributed by atoms with Crippen molar-refractivity contribution in [2.75, 3.05) is 26.2 Å². The summed E-state index contributed by atoms with van der Waals surface area (Å²) in [7, 11) is 4.41. The van der Waals surface area contributed by atoms with E-state index in [2.05, 4.69) is 0 Å². The molecule has 8 heteroatoms. The van der Waals surface area contributed by atoms with Crippen LogP contribution in [-0.4, -0.2) is 38.1 Å². The predicted molar refractivity (Wildman–Crippen MR) is 124 cm³/mol. The minimum absolute atomic E-state index is 0.133. The molecule has 4 rings (SSSR count). The molecular weight excluding hydrogens is 441 g/mol. The second-order valence-corrected chi connectivity index (χ2v) is 7.49. The van der Waals surface area contributed by atoms with Crippen LogP contribution in [0.4, 0.5) is 10.1 Å². The summed E-state index contributed by atoms with van der Waals surface area (Å²) >= 11 is 0. The van der Waals surface area contributed by atoms with Gasteiger partial charge in [-0.15, -0.1) is 0 Å². The fraction of sp³-hybridized carbons (Fsp3) is 0.154. The van der Waals surface area contributed by atoms with E-state index in [4.69, 9.17) is 14.2 Å². The average molecular weight is 463 g/mol. The van der Waals surface area contributed by atoms with E-state index in [-0.39, 0.29) is 16.9 Å². The minimum atomic E-state index is -0.993. The lowest BCUT2D eigenvalue weighted by Gasteiger charge is -2.26. The molecule has 174 valence electrons. The number of halogens is 1. The molecule has 1 aliphatic heterocycles. The largest absolute Gasteiger partial charge is 0.507 e. The fourth-order valence-corrected chi connectivity index (χ4v) is 3.97. The van der Waals surface area contributed by atoms with Gasteiger partial charge in [0, 0.05) is 11.8 Å². The van der Waals surface area contributed by atoms with Gasteiger partial charge in [0.25, 0.3) is 11.7 Å². The number of hydrogen-bond acceptors (Lipinski definition) is 6. The molecule has 3 aromatic rings. The zero-order chi connectivity index (χ0) is 24.4. The Kier molecular flexibility index (Phi) is 6.23. The molecular formula is C26H22FNO6. The van der Waals surface area contributed by atoms with E-state index in [9.17, 15) is 19.1 Å². The van der Waals surface area contributed by atoms with E-state index in [1.54, 1.807) is 42.5 Å². The van der Waals surface area contributed by atoms with Crippen LogP contribution in [0.5, 0.6) is 17.2 Å². The maximum atomic E-state index is 13.6. The van der Waals surface area contributed by atoms with Gasteiger partial charge in [-0.25, -0.2) is 4.39 Å². The number of rotatable bonds is 6. The highest BCUT2D eigenvalue weighted by molar-refractivity contribution is 6.51. The quantitative estimate of drug-likeness (QED) is 0.330. The monoisotopic (exact) mass is 463 g/mol. The predicted octanol–water partition coefficient (Wildman–Crippen LogP) is 4.48. The normalized spacial score (nSPS) is 17.1. The Hall–Kier alpha value is -4.33. The van der Waals surface area contributed by atoms with Crippen molar-refractivity contribution in [3.8, 4) is 17.2 Å². The summed E-state index contributed by atoms with van der Waals surface area (Å²) in [5.74, 6) is -1.37. The molecule has 0 bridgehead atoms. The third-order valence-electron chi connectivity index (χ3n) is 5.62. The van der Waals surface area contributed by atoms with Crippen molar-refractivity contribution in [2.45, 2.75) is 6.04 Å². The Morgan fingerprint density at radius 1 is 0.882 bits per heavy atom. The first-order chi connectivity index (χ1) is 16.4. The van der Waals surface area contributed by atoms with Crippen LogP contribution in [0, 0.1) is 5.82 Å². The van der Waals surface area contributed by atoms with Gasteiger partial charge in [-0.2, -0.15) is 0 Å². The molecule has 3 aromatic carbocycles. The lowest BCUT2D eigenvalue weighted by molar-refractivity contribution is -0.132. The second kappa shape index (κ2) is 9.27. The smallest absolute Gasteiger partial charge is 0.300 e. The summed E-state index contributed by atoms with van der Waals surface area (Å²) in [5.41, 5.74) is 0.910. The molecule has 0 spiro atoms. The number of methoxy groups -OCH3 is 3. The van der Waals surface area contributed by atoms with E-state index in [0.29, 0.717) is 22.7 Å². The van der Waals surface area contributed by atoms with Crippen LogP contribution in [0.15, 0.2) is 72.3 Å². The standard InChI is InChI=1S/C26H22FNO6/c1-32-18-6-4-5-15(13-18)23-22(24(29)20-12-11-19(33-2)14-21(20)34-3)25(30)26(31)28(23)17-9-7-16(27)8-10-17/h4-14,23,29H,1-3H3/b24-22-. The summed E-state index contributed by atoms with van der Waals surface area (Å²) in [6.45, 7) is 0. The van der Waals surface area contributed by atoms with Crippen LogP contribution < -0.4 is 19.1 Å². The van der Waals surface area contributed by atoms with Crippen molar-refractivity contribution in [2.24, 2.45) is 0 Å². The van der Waals surface area contributed by atoms with Gasteiger partial charge in [0.05, 0.1) is 38.5 Å². The van der Waals surface area contributed by atoms with Crippen LogP contribution in [0.3, 0.4) is 0 Å². The third kappa shape index (κ3) is 3.94. The molecule has 0 aromatic heterocycles. The molecule has 34 heavy (non-hydrogen) atoms. The minimum Gasteiger partial charge on any atom is -0.507 e. The molecule has 1 atom stereocenters. The SMILES string of the molecule is COc1cccc(C2/C(=C(/O)c3ccc(OC)cc3OC)C(=O)C(=O)N2c2ccc(F)cc2)c1. The number of carbonyl (C=O) groups excluding carboxylic acids is 2. The molecule has 1 N–H and O–H groups in total. The average Bonchev–Trinajstić information content (AvgIpc) is 3.14. The molecule has 1 unspecified atom stereocenters. The molecule has 0 aliphatic carbocycles. The van der Waals surface area contributed by atoms with Crippen LogP contribution >= 0.6 is 0 Å². The Bertz CT molecular complexity index is 1280. The number of aliphatic hydroxyl groups excluding tert-OH is 1. The number of Topliss-reactive ketones (excluding diaryl/α,β-unsaturated/α-hetero) is 1. The highest BCUT2D eigenvalue weighted by Crippen LogP contribution is 2.44. The number of ketones is 1. The number of carbonyl (C=O) groups is 2. The Morgan fingerprint density at radius 3 is 2.21 bits per heavy atom. The van der Waals surface area contributed by atoms with Crippen molar-refractivity contribution >= 4 is 23.1 Å². The van der Waals surface area contributed by atoms with Crippen molar-refractivity contribution < 1.29 is 33.3 Å². The summed E-state index contributed by atoms with van der Waals surface area (Å²) in [6.07, 6.45) is 0. The van der Waals surface area contributed by atoms with Crippen LogP contribution in [0.1, 0.15) is 17.2 Å². The van der Waals surface area contributed by atoms with E-state index in [1.807, 2.05) is 0 Å². The van der Waals surface area contributed by atoms with Crippen molar-refractivity contribution in [1.82, 2.24) is 0 Å². The molecule has 1 saturated heterocycles. The first-order valence-electron chi connectivity index (χ1n) is 10.3. The lowest BCUT2D eigenvalue weighted by atomic mass is 9.94. The molecule has 0 saturated carbocycles. The van der Waals surface area contributed by atoms with Gasteiger partial charge >= 0.3 is 0 Å². The van der Waals surface area contributed by atoms with E-state index in [1.165, 1.54) is 50.5 Å². The van der Waals surface area contributed by atoms with Crippen molar-refractivity contribution in [3.05, 3.63) is 89.2 Å². The first kappa shape index (κ1) is 22.8. The van der Waals surface area contributed by atoms with Gasteiger partial charge in [0.1, 0.15) is 28.8 Å². The summed E-state index contributed by atoms with van der Waals surface area (Å²) in [5, 5.41) is 11.3. The Morgan fingerprint density at radius 2 is 1.56 bits per heavy atom. The first-order valence-corrected chi connectivity index (χ1v) is 10.3. The molecule has 1 aliphatic rings. The number of amides is 1. The van der Waals surface area contributed by atoms with Gasteiger partial charge < -0.3 is 19.3 Å². The molecule has 1 amide bonds. The maximum absolute atomic E-state index is 13.6. The highest BCUT2D eigenvalue weighted by atomic mass is 19.1. The summed E-state index contributed by atoms with van der Waals surface area (Å²) < 4.78 is 29.5. The van der Waals surface area contributed by atoms with E-state index >= 15 is 0 Å². The van der Waals surface area contributed by atoms with Gasteiger partial charge in [0.15, 0.2) is 0 Å². The zero-order valence-corrected chi connectivity index (χ0v) is 18.7. The van der Waals surface area contributed by atoms with Gasteiger partial charge in [0.2, 0.25) is 0 Å². The number of ether oxygens (including phenoxy) is 3. The van der Waals surface area contributed by atoms with Crippen LogP contribution in [0.2, 0.25) is 0 Å². The highest BCUT2D eigenvalue weighted by Gasteiger charge is 2.47. The van der Waals surface area contributed by atoms with Crippen LogP contribution in [-0.2, 0) is 9.59 Å². The molecule has 1 fully saturated rings. The number of nitrogens with zero attached hydrogens (tertiary/aromatic N) is 1. The number of benzene rings is 3. The van der Waals surface area contributed by atoms with Crippen molar-refractivity contribution in [3.63, 3.8) is 0 Å². The molecule has 0 radical (unpaired) electrons.